The molecule has 116 valence electrons. The average molecular weight is 355 g/mol. The van der Waals surface area contributed by atoms with Crippen molar-refractivity contribution in [1.29, 1.82) is 0 Å². The molecule has 0 spiro atoms. The first-order valence-electron chi connectivity index (χ1n) is 7.44. The number of hydrogen-bond acceptors (Lipinski definition) is 3. The van der Waals surface area contributed by atoms with Crippen molar-refractivity contribution < 1.29 is 9.53 Å². The number of ether oxygens (including phenoxy) is 1. The van der Waals surface area contributed by atoms with Gasteiger partial charge in [0.2, 0.25) is 0 Å². The van der Waals surface area contributed by atoms with Crippen molar-refractivity contribution in [2.75, 3.05) is 13.1 Å². The fraction of sp³-hybridized carbons (Fsp3) is 0.562. The third kappa shape index (κ3) is 4.20. The molecule has 2 N–H and O–H groups in total. The third-order valence-corrected chi connectivity index (χ3v) is 4.66. The Kier molecular flexibility index (Phi) is 5.65. The highest BCUT2D eigenvalue weighted by atomic mass is 79.9. The van der Waals surface area contributed by atoms with Gasteiger partial charge in [-0.15, -0.1) is 0 Å². The molecule has 3 atom stereocenters. The molecule has 0 bridgehead atoms. The van der Waals surface area contributed by atoms with Gasteiger partial charge in [-0.2, -0.15) is 0 Å². The summed E-state index contributed by atoms with van der Waals surface area (Å²) in [5.74, 6) is 1.12. The first kappa shape index (κ1) is 16.3. The van der Waals surface area contributed by atoms with Crippen LogP contribution in [-0.4, -0.2) is 36.0 Å². The lowest BCUT2D eigenvalue weighted by molar-refractivity contribution is -0.139. The first-order chi connectivity index (χ1) is 9.99. The molecule has 1 aliphatic rings. The number of nitrogens with zero attached hydrogens (tertiary/aromatic N) is 1. The van der Waals surface area contributed by atoms with Crippen molar-refractivity contribution in [3.63, 3.8) is 0 Å². The maximum Gasteiger partial charge on any atom is 0.263 e. The molecule has 2 rings (SSSR count). The lowest BCUT2D eigenvalue weighted by Crippen LogP contribution is -2.48. The smallest absolute Gasteiger partial charge is 0.263 e. The Morgan fingerprint density at radius 2 is 2.14 bits per heavy atom. The van der Waals surface area contributed by atoms with Crippen LogP contribution in [0.1, 0.15) is 26.7 Å². The van der Waals surface area contributed by atoms with Gasteiger partial charge in [0.15, 0.2) is 6.10 Å². The fourth-order valence-electron chi connectivity index (χ4n) is 2.68. The average Bonchev–Trinajstić information content (AvgIpc) is 2.49. The fourth-order valence-corrected chi connectivity index (χ4v) is 3.06. The summed E-state index contributed by atoms with van der Waals surface area (Å²) >= 11 is 3.43. The predicted octanol–water partition coefficient (Wildman–Crippen LogP) is 2.80. The van der Waals surface area contributed by atoms with E-state index in [1.807, 2.05) is 36.1 Å². The number of hydrogen-bond donors (Lipinski definition) is 1. The van der Waals surface area contributed by atoms with Gasteiger partial charge in [0.25, 0.3) is 5.91 Å². The van der Waals surface area contributed by atoms with Gasteiger partial charge in [-0.05, 0) is 60.7 Å². The lowest BCUT2D eigenvalue weighted by atomic mass is 9.92. The number of likely N-dealkylation sites (tertiary alicyclic amines) is 1. The molecule has 1 aromatic rings. The van der Waals surface area contributed by atoms with Gasteiger partial charge < -0.3 is 15.4 Å². The standard InChI is InChI=1S/C16H23BrN2O2/c1-11(18)13-6-5-9-19(10-13)16(20)12(2)21-15-8-4-3-7-14(15)17/h3-4,7-8,11-13H,5-6,9-10,18H2,1-2H3/t11-,12-,13+/m0/s1. The van der Waals surface area contributed by atoms with Crippen LogP contribution in [0.5, 0.6) is 5.75 Å². The van der Waals surface area contributed by atoms with E-state index < -0.39 is 6.10 Å². The number of rotatable bonds is 4. The Bertz CT molecular complexity index is 493. The largest absolute Gasteiger partial charge is 0.480 e. The van der Waals surface area contributed by atoms with Gasteiger partial charge in [0.05, 0.1) is 4.47 Å². The van der Waals surface area contributed by atoms with E-state index >= 15 is 0 Å². The minimum atomic E-state index is -0.490. The van der Waals surface area contributed by atoms with Gasteiger partial charge in [-0.25, -0.2) is 0 Å². The number of benzene rings is 1. The molecular formula is C16H23BrN2O2. The van der Waals surface area contributed by atoms with E-state index in [0.717, 1.165) is 30.4 Å². The zero-order valence-electron chi connectivity index (χ0n) is 12.6. The number of halogens is 1. The molecule has 0 radical (unpaired) electrons. The number of amides is 1. The van der Waals surface area contributed by atoms with Crippen molar-refractivity contribution in [3.05, 3.63) is 28.7 Å². The van der Waals surface area contributed by atoms with Gasteiger partial charge in [-0.3, -0.25) is 4.79 Å². The molecule has 0 saturated carbocycles. The Balaban J connectivity index is 1.97. The zero-order chi connectivity index (χ0) is 15.4. The molecule has 1 fully saturated rings. The van der Waals surface area contributed by atoms with Crippen LogP contribution in [0.2, 0.25) is 0 Å². The normalized spacial score (nSPS) is 21.7. The van der Waals surface area contributed by atoms with E-state index in [1.165, 1.54) is 0 Å². The first-order valence-corrected chi connectivity index (χ1v) is 8.24. The van der Waals surface area contributed by atoms with E-state index in [4.69, 9.17) is 10.5 Å². The Morgan fingerprint density at radius 3 is 2.81 bits per heavy atom. The summed E-state index contributed by atoms with van der Waals surface area (Å²) in [6.45, 7) is 5.35. The van der Waals surface area contributed by atoms with Crippen LogP contribution in [0.4, 0.5) is 0 Å². The molecule has 4 nitrogen and oxygen atoms in total. The quantitative estimate of drug-likeness (QED) is 0.904. The van der Waals surface area contributed by atoms with Crippen LogP contribution in [0.25, 0.3) is 0 Å². The van der Waals surface area contributed by atoms with Crippen molar-refractivity contribution in [2.45, 2.75) is 38.8 Å². The summed E-state index contributed by atoms with van der Waals surface area (Å²) in [4.78, 5) is 14.4. The molecule has 21 heavy (non-hydrogen) atoms. The molecule has 1 heterocycles. The maximum atomic E-state index is 12.5. The number of nitrogens with two attached hydrogens (primary N) is 1. The number of piperidine rings is 1. The van der Waals surface area contributed by atoms with Crippen molar-refractivity contribution in [2.24, 2.45) is 11.7 Å². The van der Waals surface area contributed by atoms with Crippen LogP contribution < -0.4 is 10.5 Å². The van der Waals surface area contributed by atoms with Crippen molar-refractivity contribution in [1.82, 2.24) is 4.90 Å². The van der Waals surface area contributed by atoms with E-state index in [1.54, 1.807) is 6.92 Å². The molecule has 0 aliphatic carbocycles. The molecule has 1 saturated heterocycles. The molecule has 0 aromatic heterocycles. The van der Waals surface area contributed by atoms with Crippen LogP contribution in [0.15, 0.2) is 28.7 Å². The Hall–Kier alpha value is -1.07. The molecule has 1 amide bonds. The second-order valence-electron chi connectivity index (χ2n) is 5.74. The van der Waals surface area contributed by atoms with Crippen LogP contribution >= 0.6 is 15.9 Å². The highest BCUT2D eigenvalue weighted by Crippen LogP contribution is 2.26. The van der Waals surface area contributed by atoms with E-state index in [0.29, 0.717) is 11.7 Å². The summed E-state index contributed by atoms with van der Waals surface area (Å²) in [6.07, 6.45) is 1.62. The van der Waals surface area contributed by atoms with Crippen LogP contribution in [-0.2, 0) is 4.79 Å². The lowest BCUT2D eigenvalue weighted by Gasteiger charge is -2.35. The summed E-state index contributed by atoms with van der Waals surface area (Å²) in [6, 6.07) is 7.69. The minimum Gasteiger partial charge on any atom is -0.480 e. The summed E-state index contributed by atoms with van der Waals surface area (Å²) in [5.41, 5.74) is 5.97. The summed E-state index contributed by atoms with van der Waals surface area (Å²) in [7, 11) is 0. The van der Waals surface area contributed by atoms with E-state index in [9.17, 15) is 4.79 Å². The molecule has 1 aromatic carbocycles. The maximum absolute atomic E-state index is 12.5. The second-order valence-corrected chi connectivity index (χ2v) is 6.59. The molecule has 0 unspecified atom stereocenters. The predicted molar refractivity (Wildman–Crippen MR) is 87.2 cm³/mol. The minimum absolute atomic E-state index is 0.0381. The summed E-state index contributed by atoms with van der Waals surface area (Å²) in [5, 5.41) is 0. The van der Waals surface area contributed by atoms with Crippen molar-refractivity contribution >= 4 is 21.8 Å². The monoisotopic (exact) mass is 354 g/mol. The highest BCUT2D eigenvalue weighted by Gasteiger charge is 2.29. The second kappa shape index (κ2) is 7.27. The van der Waals surface area contributed by atoms with E-state index in [-0.39, 0.29) is 11.9 Å². The molecular weight excluding hydrogens is 332 g/mol. The van der Waals surface area contributed by atoms with E-state index in [2.05, 4.69) is 15.9 Å². The van der Waals surface area contributed by atoms with Gasteiger partial charge in [0, 0.05) is 19.1 Å². The number of carbonyl (C=O) groups is 1. The topological polar surface area (TPSA) is 55.6 Å². The van der Waals surface area contributed by atoms with Crippen molar-refractivity contribution in [3.8, 4) is 5.75 Å². The van der Waals surface area contributed by atoms with Gasteiger partial charge in [-0.1, -0.05) is 12.1 Å². The molecule has 1 aliphatic heterocycles. The van der Waals surface area contributed by atoms with Gasteiger partial charge in [0.1, 0.15) is 5.75 Å². The molecule has 5 heteroatoms. The van der Waals surface area contributed by atoms with Crippen LogP contribution in [0.3, 0.4) is 0 Å². The SMILES string of the molecule is C[C@H](Oc1ccccc1Br)C(=O)N1CCC[C@@H]([C@H](C)N)C1. The third-order valence-electron chi connectivity index (χ3n) is 4.00. The number of carbonyl (C=O) groups excluding carboxylic acids is 1. The zero-order valence-corrected chi connectivity index (χ0v) is 14.2. The highest BCUT2D eigenvalue weighted by molar-refractivity contribution is 9.10. The Labute approximate surface area is 134 Å². The number of para-hydroxylation sites is 1. The van der Waals surface area contributed by atoms with Gasteiger partial charge >= 0.3 is 0 Å². The Morgan fingerprint density at radius 1 is 1.43 bits per heavy atom. The summed E-state index contributed by atoms with van der Waals surface area (Å²) < 4.78 is 6.64. The van der Waals surface area contributed by atoms with Crippen LogP contribution in [0, 0.1) is 5.92 Å².